The maximum atomic E-state index is 11.9. The van der Waals surface area contributed by atoms with E-state index in [9.17, 15) is 14.4 Å². The molecule has 0 fully saturated rings. The van der Waals surface area contributed by atoms with Crippen molar-refractivity contribution in [2.24, 2.45) is 0 Å². The Morgan fingerprint density at radius 1 is 1.38 bits per heavy atom. The Labute approximate surface area is 129 Å². The van der Waals surface area contributed by atoms with Crippen LogP contribution in [0.4, 0.5) is 5.69 Å². The van der Waals surface area contributed by atoms with Gasteiger partial charge in [-0.2, -0.15) is 0 Å². The van der Waals surface area contributed by atoms with Gasteiger partial charge in [-0.05, 0) is 18.2 Å². The molecule has 2 rings (SSSR count). The third kappa shape index (κ3) is 3.59. The van der Waals surface area contributed by atoms with Crippen LogP contribution in [0.2, 0.25) is 0 Å². The van der Waals surface area contributed by atoms with Gasteiger partial charge in [0.2, 0.25) is 0 Å². The van der Waals surface area contributed by atoms with E-state index in [1.165, 1.54) is 7.11 Å². The molecule has 1 aliphatic rings. The van der Waals surface area contributed by atoms with Crippen LogP contribution in [0.15, 0.2) is 22.7 Å². The number of fused-ring (bicyclic) bond motifs is 1. The van der Waals surface area contributed by atoms with E-state index in [4.69, 9.17) is 4.74 Å². The fourth-order valence-electron chi connectivity index (χ4n) is 1.92. The highest BCUT2D eigenvalue weighted by Crippen LogP contribution is 2.32. The summed E-state index contributed by atoms with van der Waals surface area (Å²) in [5, 5.41) is 7.45. The first kappa shape index (κ1) is 15.5. The molecule has 0 saturated heterocycles. The zero-order valence-electron chi connectivity index (χ0n) is 11.2. The van der Waals surface area contributed by atoms with Gasteiger partial charge in [0, 0.05) is 29.4 Å². The van der Waals surface area contributed by atoms with Crippen molar-refractivity contribution in [1.29, 1.82) is 0 Å². The van der Waals surface area contributed by atoms with Crippen LogP contribution in [0.5, 0.6) is 0 Å². The molecule has 0 saturated carbocycles. The Morgan fingerprint density at radius 2 is 2.14 bits per heavy atom. The fourth-order valence-corrected chi connectivity index (χ4v) is 2.30. The molecule has 3 N–H and O–H groups in total. The van der Waals surface area contributed by atoms with Gasteiger partial charge in [0.1, 0.15) is 6.04 Å². The van der Waals surface area contributed by atoms with Crippen LogP contribution in [0.1, 0.15) is 11.6 Å². The summed E-state index contributed by atoms with van der Waals surface area (Å²) in [7, 11) is 1.49. The number of nitrogens with one attached hydrogen (secondary N) is 3. The van der Waals surface area contributed by atoms with Gasteiger partial charge < -0.3 is 20.7 Å². The molecular weight excluding hydrogens is 342 g/mol. The van der Waals surface area contributed by atoms with Crippen molar-refractivity contribution in [3.63, 3.8) is 0 Å². The lowest BCUT2D eigenvalue weighted by Gasteiger charge is -2.11. The predicted octanol–water partition coefficient (Wildman–Crippen LogP) is 0.321. The van der Waals surface area contributed by atoms with Crippen molar-refractivity contribution in [1.82, 2.24) is 10.6 Å². The SMILES string of the molecule is COCCNC(=O)C(=O)NC1C(=O)Nc2ccc(Br)cc21. The molecule has 0 aliphatic carbocycles. The maximum absolute atomic E-state index is 11.9. The lowest BCUT2D eigenvalue weighted by molar-refractivity contribution is -0.140. The quantitative estimate of drug-likeness (QED) is 0.535. The smallest absolute Gasteiger partial charge is 0.310 e. The van der Waals surface area contributed by atoms with Crippen LogP contribution >= 0.6 is 15.9 Å². The number of anilines is 1. The van der Waals surface area contributed by atoms with Crippen LogP contribution in [0.25, 0.3) is 0 Å². The van der Waals surface area contributed by atoms with E-state index in [0.29, 0.717) is 17.9 Å². The third-order valence-corrected chi connectivity index (χ3v) is 3.41. The molecule has 8 heteroatoms. The number of rotatable bonds is 4. The van der Waals surface area contributed by atoms with E-state index in [-0.39, 0.29) is 12.5 Å². The summed E-state index contributed by atoms with van der Waals surface area (Å²) in [5.41, 5.74) is 1.24. The van der Waals surface area contributed by atoms with Crippen molar-refractivity contribution in [3.05, 3.63) is 28.2 Å². The van der Waals surface area contributed by atoms with E-state index < -0.39 is 17.9 Å². The monoisotopic (exact) mass is 355 g/mol. The lowest BCUT2D eigenvalue weighted by atomic mass is 10.1. The van der Waals surface area contributed by atoms with Gasteiger partial charge in [-0.1, -0.05) is 15.9 Å². The molecule has 21 heavy (non-hydrogen) atoms. The van der Waals surface area contributed by atoms with Crippen LogP contribution in [0, 0.1) is 0 Å². The number of hydrogen-bond donors (Lipinski definition) is 3. The van der Waals surface area contributed by atoms with E-state index in [1.54, 1.807) is 18.2 Å². The molecule has 0 radical (unpaired) electrons. The van der Waals surface area contributed by atoms with Crippen molar-refractivity contribution in [2.75, 3.05) is 25.6 Å². The molecular formula is C13H14BrN3O4. The molecule has 0 spiro atoms. The average Bonchev–Trinajstić information content (AvgIpc) is 2.75. The maximum Gasteiger partial charge on any atom is 0.310 e. The molecule has 1 aromatic rings. The van der Waals surface area contributed by atoms with Gasteiger partial charge in [-0.3, -0.25) is 14.4 Å². The topological polar surface area (TPSA) is 96.5 Å². The molecule has 0 aromatic heterocycles. The summed E-state index contributed by atoms with van der Waals surface area (Å²) in [6.07, 6.45) is 0. The van der Waals surface area contributed by atoms with Crippen LogP contribution < -0.4 is 16.0 Å². The highest BCUT2D eigenvalue weighted by atomic mass is 79.9. The highest BCUT2D eigenvalue weighted by molar-refractivity contribution is 9.10. The highest BCUT2D eigenvalue weighted by Gasteiger charge is 2.33. The standard InChI is InChI=1S/C13H14BrN3O4/c1-21-5-4-15-12(19)13(20)17-10-8-6-7(14)2-3-9(8)16-11(10)18/h2-3,6,10H,4-5H2,1H3,(H,15,19)(H,16,18)(H,17,20). The first-order chi connectivity index (χ1) is 10.0. The minimum absolute atomic E-state index is 0.224. The largest absolute Gasteiger partial charge is 0.383 e. The average molecular weight is 356 g/mol. The van der Waals surface area contributed by atoms with Crippen molar-refractivity contribution in [2.45, 2.75) is 6.04 Å². The third-order valence-electron chi connectivity index (χ3n) is 2.92. The fraction of sp³-hybridized carbons (Fsp3) is 0.308. The molecule has 1 heterocycles. The summed E-state index contributed by atoms with van der Waals surface area (Å²) in [4.78, 5) is 35.2. The Hall–Kier alpha value is -1.93. The molecule has 1 aromatic carbocycles. The molecule has 7 nitrogen and oxygen atoms in total. The second kappa shape index (κ2) is 6.68. The van der Waals surface area contributed by atoms with Gasteiger partial charge >= 0.3 is 11.8 Å². The predicted molar refractivity (Wildman–Crippen MR) is 78.5 cm³/mol. The lowest BCUT2D eigenvalue weighted by Crippen LogP contribution is -2.43. The number of methoxy groups -OCH3 is 1. The Kier molecular flexibility index (Phi) is 4.92. The number of ether oxygens (including phenoxy) is 1. The molecule has 3 amide bonds. The second-order valence-corrected chi connectivity index (χ2v) is 5.29. The summed E-state index contributed by atoms with van der Waals surface area (Å²) >= 11 is 3.30. The number of halogens is 1. The number of amides is 3. The summed E-state index contributed by atoms with van der Waals surface area (Å²) in [5.74, 6) is -2.04. The van der Waals surface area contributed by atoms with E-state index >= 15 is 0 Å². The zero-order chi connectivity index (χ0) is 15.4. The molecule has 112 valence electrons. The Morgan fingerprint density at radius 3 is 2.86 bits per heavy atom. The minimum Gasteiger partial charge on any atom is -0.383 e. The number of carbonyl (C=O) groups excluding carboxylic acids is 3. The molecule has 1 unspecified atom stereocenters. The minimum atomic E-state index is -0.877. The molecule has 1 aliphatic heterocycles. The van der Waals surface area contributed by atoms with Crippen LogP contribution in [-0.2, 0) is 19.1 Å². The second-order valence-electron chi connectivity index (χ2n) is 4.38. The number of benzene rings is 1. The number of carbonyl (C=O) groups is 3. The van der Waals surface area contributed by atoms with Crippen molar-refractivity contribution in [3.8, 4) is 0 Å². The van der Waals surface area contributed by atoms with E-state index in [1.807, 2.05) is 0 Å². The molecule has 1 atom stereocenters. The van der Waals surface area contributed by atoms with Gasteiger partial charge in [-0.25, -0.2) is 0 Å². The van der Waals surface area contributed by atoms with Crippen LogP contribution in [0.3, 0.4) is 0 Å². The van der Waals surface area contributed by atoms with Gasteiger partial charge in [-0.15, -0.1) is 0 Å². The number of hydrogen-bond acceptors (Lipinski definition) is 4. The zero-order valence-corrected chi connectivity index (χ0v) is 12.8. The van der Waals surface area contributed by atoms with Crippen molar-refractivity contribution < 1.29 is 19.1 Å². The van der Waals surface area contributed by atoms with Gasteiger partial charge in [0.25, 0.3) is 5.91 Å². The van der Waals surface area contributed by atoms with E-state index in [2.05, 4.69) is 31.9 Å². The Balaban J connectivity index is 2.03. The van der Waals surface area contributed by atoms with Gasteiger partial charge in [0.05, 0.1) is 6.61 Å². The first-order valence-corrected chi connectivity index (χ1v) is 7.00. The summed E-state index contributed by atoms with van der Waals surface area (Å²) in [6.45, 7) is 0.528. The summed E-state index contributed by atoms with van der Waals surface area (Å²) in [6, 6.07) is 4.35. The Bertz CT molecular complexity index is 591. The summed E-state index contributed by atoms with van der Waals surface area (Å²) < 4.78 is 5.55. The van der Waals surface area contributed by atoms with Crippen LogP contribution in [-0.4, -0.2) is 38.0 Å². The normalized spacial score (nSPS) is 16.1. The molecule has 0 bridgehead atoms. The van der Waals surface area contributed by atoms with Crippen molar-refractivity contribution >= 4 is 39.3 Å². The van der Waals surface area contributed by atoms with Gasteiger partial charge in [0.15, 0.2) is 0 Å². The van der Waals surface area contributed by atoms with E-state index in [0.717, 1.165) is 4.47 Å². The first-order valence-electron chi connectivity index (χ1n) is 6.21.